The van der Waals surface area contributed by atoms with E-state index in [9.17, 15) is 4.79 Å². The molecule has 208 valence electrons. The molecule has 1 saturated heterocycles. The predicted molar refractivity (Wildman–Crippen MR) is 149 cm³/mol. The molecule has 0 bridgehead atoms. The molecule has 1 saturated carbocycles. The first-order chi connectivity index (χ1) is 19.5. The van der Waals surface area contributed by atoms with Gasteiger partial charge in [-0.25, -0.2) is 15.0 Å². The molecule has 1 amide bonds. The predicted octanol–water partition coefficient (Wildman–Crippen LogP) is 3.57. The third-order valence-electron chi connectivity index (χ3n) is 7.61. The van der Waals surface area contributed by atoms with E-state index in [1.165, 1.54) is 6.42 Å². The Morgan fingerprint density at radius 3 is 2.62 bits per heavy atom. The first kappa shape index (κ1) is 25.9. The SMILES string of the molecule is Cc1nc(-c2ncc(N3CCC[C@H](N[C@@H]4CCCC[C@H]4Nc4ncc(-c5cccc(C(N)=O)c5)o4)C3)cn2)no1. The molecule has 4 N–H and O–H groups in total. The number of nitrogens with one attached hydrogen (secondary N) is 2. The number of rotatable bonds is 8. The fourth-order valence-corrected chi connectivity index (χ4v) is 5.60. The first-order valence-electron chi connectivity index (χ1n) is 13.8. The molecule has 2 aliphatic rings. The number of carbonyl (C=O) groups is 1. The van der Waals surface area contributed by atoms with Gasteiger partial charge in [-0.2, -0.15) is 4.98 Å². The highest BCUT2D eigenvalue weighted by atomic mass is 16.5. The maximum atomic E-state index is 11.6. The van der Waals surface area contributed by atoms with Crippen LogP contribution >= 0.6 is 0 Å². The molecule has 0 spiro atoms. The summed E-state index contributed by atoms with van der Waals surface area (Å²) in [6.07, 6.45) is 12.0. The molecule has 4 aromatic rings. The van der Waals surface area contributed by atoms with Crippen molar-refractivity contribution >= 4 is 17.6 Å². The molecule has 0 unspecified atom stereocenters. The molecule has 12 nitrogen and oxygen atoms in total. The lowest BCUT2D eigenvalue weighted by molar-refractivity contribution is 0.100. The number of piperidine rings is 1. The van der Waals surface area contributed by atoms with Gasteiger partial charge in [0.15, 0.2) is 5.76 Å². The summed E-state index contributed by atoms with van der Waals surface area (Å²) in [5, 5.41) is 11.4. The maximum absolute atomic E-state index is 11.6. The van der Waals surface area contributed by atoms with Crippen LogP contribution in [-0.2, 0) is 0 Å². The Labute approximate surface area is 231 Å². The summed E-state index contributed by atoms with van der Waals surface area (Å²) < 4.78 is 11.1. The average molecular weight is 544 g/mol. The average Bonchev–Trinajstić information content (AvgIpc) is 3.64. The summed E-state index contributed by atoms with van der Waals surface area (Å²) in [7, 11) is 0. The van der Waals surface area contributed by atoms with Gasteiger partial charge < -0.3 is 30.2 Å². The molecule has 12 heteroatoms. The number of primary amides is 1. The number of nitrogens with two attached hydrogens (primary N) is 1. The lowest BCUT2D eigenvalue weighted by atomic mass is 9.89. The van der Waals surface area contributed by atoms with Crippen LogP contribution in [0.4, 0.5) is 11.7 Å². The molecule has 1 aliphatic heterocycles. The zero-order valence-corrected chi connectivity index (χ0v) is 22.4. The Hall–Kier alpha value is -4.32. The Morgan fingerprint density at radius 2 is 1.85 bits per heavy atom. The molecule has 1 aromatic carbocycles. The zero-order chi connectivity index (χ0) is 27.5. The minimum Gasteiger partial charge on any atom is -0.424 e. The molecule has 4 heterocycles. The van der Waals surface area contributed by atoms with Crippen molar-refractivity contribution in [2.75, 3.05) is 23.3 Å². The second kappa shape index (κ2) is 11.4. The van der Waals surface area contributed by atoms with Crippen LogP contribution in [0.5, 0.6) is 0 Å². The van der Waals surface area contributed by atoms with E-state index >= 15 is 0 Å². The third kappa shape index (κ3) is 5.81. The van der Waals surface area contributed by atoms with E-state index in [4.69, 9.17) is 14.7 Å². The van der Waals surface area contributed by atoms with Crippen LogP contribution in [0.2, 0.25) is 0 Å². The van der Waals surface area contributed by atoms with Crippen molar-refractivity contribution in [2.45, 2.75) is 63.6 Å². The summed E-state index contributed by atoms with van der Waals surface area (Å²) >= 11 is 0. The molecule has 6 rings (SSSR count). The normalized spacial score (nSPS) is 21.3. The number of nitrogens with zero attached hydrogens (tertiary/aromatic N) is 6. The van der Waals surface area contributed by atoms with Gasteiger partial charge in [0.05, 0.1) is 24.3 Å². The van der Waals surface area contributed by atoms with E-state index in [-0.39, 0.29) is 6.04 Å². The second-order valence-corrected chi connectivity index (χ2v) is 10.5. The van der Waals surface area contributed by atoms with Crippen molar-refractivity contribution in [2.24, 2.45) is 5.73 Å². The van der Waals surface area contributed by atoms with Crippen LogP contribution in [0.1, 0.15) is 54.8 Å². The van der Waals surface area contributed by atoms with Gasteiger partial charge >= 0.3 is 0 Å². The Morgan fingerprint density at radius 1 is 1.02 bits per heavy atom. The number of aromatic nitrogens is 5. The van der Waals surface area contributed by atoms with Crippen molar-refractivity contribution in [1.82, 2.24) is 30.4 Å². The molecule has 2 fully saturated rings. The van der Waals surface area contributed by atoms with Crippen molar-refractivity contribution in [3.8, 4) is 23.0 Å². The summed E-state index contributed by atoms with van der Waals surface area (Å²) in [6.45, 7) is 3.59. The molecule has 3 aromatic heterocycles. The van der Waals surface area contributed by atoms with E-state index in [0.717, 1.165) is 56.4 Å². The Kier molecular flexibility index (Phi) is 7.41. The summed E-state index contributed by atoms with van der Waals surface area (Å²) in [5.74, 6) is 1.47. The molecular weight excluding hydrogens is 510 g/mol. The number of oxazole rings is 1. The first-order valence-corrected chi connectivity index (χ1v) is 13.8. The van der Waals surface area contributed by atoms with Crippen molar-refractivity contribution in [3.63, 3.8) is 0 Å². The molecule has 3 atom stereocenters. The summed E-state index contributed by atoms with van der Waals surface area (Å²) in [6, 6.07) is 8.40. The standard InChI is InChI=1S/C28H33N9O3/c1-17-33-27(36-40-17)26-30-13-21(14-31-26)37-11-5-8-20(16-37)34-22-9-2-3-10-23(22)35-28-32-15-24(39-28)18-6-4-7-19(12-18)25(29)38/h4,6-7,12-15,20,22-23,34H,2-3,5,8-11,16H2,1H3,(H2,29,38)(H,32,35)/t20-,22+,23+/m0/s1. The second-order valence-electron chi connectivity index (χ2n) is 10.5. The minimum atomic E-state index is -0.472. The number of hydrogen-bond donors (Lipinski definition) is 3. The quantitative estimate of drug-likeness (QED) is 0.298. The van der Waals surface area contributed by atoms with Gasteiger partial charge in [0.1, 0.15) is 0 Å². The van der Waals surface area contributed by atoms with E-state index in [1.54, 1.807) is 31.3 Å². The van der Waals surface area contributed by atoms with Gasteiger partial charge in [0, 0.05) is 49.3 Å². The van der Waals surface area contributed by atoms with Gasteiger partial charge in [-0.05, 0) is 37.8 Å². The highest BCUT2D eigenvalue weighted by Crippen LogP contribution is 2.28. The molecule has 1 aliphatic carbocycles. The highest BCUT2D eigenvalue weighted by Gasteiger charge is 2.30. The zero-order valence-electron chi connectivity index (χ0n) is 22.4. The number of hydrogen-bond acceptors (Lipinski definition) is 11. The number of benzene rings is 1. The van der Waals surface area contributed by atoms with E-state index in [0.29, 0.717) is 47.0 Å². The van der Waals surface area contributed by atoms with Crippen molar-refractivity contribution in [1.29, 1.82) is 0 Å². The summed E-state index contributed by atoms with van der Waals surface area (Å²) in [4.78, 5) is 31.5. The van der Waals surface area contributed by atoms with Crippen LogP contribution in [0.3, 0.4) is 0 Å². The molecule has 40 heavy (non-hydrogen) atoms. The molecule has 0 radical (unpaired) electrons. The van der Waals surface area contributed by atoms with Crippen molar-refractivity contribution < 1.29 is 13.7 Å². The fraction of sp³-hybridized carbons (Fsp3) is 0.429. The lowest BCUT2D eigenvalue weighted by Crippen LogP contribution is -2.54. The third-order valence-corrected chi connectivity index (χ3v) is 7.61. The van der Waals surface area contributed by atoms with Gasteiger partial charge in [-0.1, -0.05) is 30.1 Å². The summed E-state index contributed by atoms with van der Waals surface area (Å²) in [5.41, 5.74) is 7.62. The van der Waals surface area contributed by atoms with Crippen LogP contribution < -0.4 is 21.3 Å². The van der Waals surface area contributed by atoms with Crippen LogP contribution in [0, 0.1) is 6.92 Å². The maximum Gasteiger partial charge on any atom is 0.295 e. The van der Waals surface area contributed by atoms with Crippen molar-refractivity contribution in [3.05, 3.63) is 54.3 Å². The fourth-order valence-electron chi connectivity index (χ4n) is 5.60. The Bertz CT molecular complexity index is 1450. The van der Waals surface area contributed by atoms with Gasteiger partial charge in [-0.15, -0.1) is 0 Å². The number of aryl methyl sites for hydroxylation is 1. The monoisotopic (exact) mass is 543 g/mol. The van der Waals surface area contributed by atoms with Gasteiger partial charge in [-0.3, -0.25) is 4.79 Å². The highest BCUT2D eigenvalue weighted by molar-refractivity contribution is 5.93. The lowest BCUT2D eigenvalue weighted by Gasteiger charge is -2.40. The molecular formula is C28H33N9O3. The largest absolute Gasteiger partial charge is 0.424 e. The smallest absolute Gasteiger partial charge is 0.295 e. The number of anilines is 2. The number of amides is 1. The van der Waals surface area contributed by atoms with E-state index in [2.05, 4.69) is 40.6 Å². The van der Waals surface area contributed by atoms with Crippen LogP contribution in [0.25, 0.3) is 23.0 Å². The van der Waals surface area contributed by atoms with E-state index < -0.39 is 5.91 Å². The topological polar surface area (TPSA) is 161 Å². The van der Waals surface area contributed by atoms with Crippen LogP contribution in [-0.4, -0.2) is 62.2 Å². The number of carbonyl (C=O) groups excluding carboxylic acids is 1. The Balaban J connectivity index is 1.08. The van der Waals surface area contributed by atoms with E-state index in [1.807, 2.05) is 18.5 Å². The minimum absolute atomic E-state index is 0.202. The van der Waals surface area contributed by atoms with Gasteiger partial charge in [0.2, 0.25) is 23.4 Å². The van der Waals surface area contributed by atoms with Gasteiger partial charge in [0.25, 0.3) is 6.01 Å². The van der Waals surface area contributed by atoms with Crippen LogP contribution in [0.15, 0.2) is 51.8 Å².